The summed E-state index contributed by atoms with van der Waals surface area (Å²) in [6.45, 7) is 5.26. The summed E-state index contributed by atoms with van der Waals surface area (Å²) in [7, 11) is 0. The highest BCUT2D eigenvalue weighted by Crippen LogP contribution is 2.25. The van der Waals surface area contributed by atoms with Crippen molar-refractivity contribution in [2.75, 3.05) is 26.4 Å². The van der Waals surface area contributed by atoms with Gasteiger partial charge in [0.05, 0.1) is 19.1 Å². The first-order chi connectivity index (χ1) is 8.79. The first kappa shape index (κ1) is 13.8. The van der Waals surface area contributed by atoms with Crippen LogP contribution in [0.1, 0.15) is 39.0 Å². The number of hydrogen-bond acceptors (Lipinski definition) is 4. The Balaban J connectivity index is 1.62. The third-order valence-corrected chi connectivity index (χ3v) is 4.07. The zero-order valence-corrected chi connectivity index (χ0v) is 11.3. The van der Waals surface area contributed by atoms with Crippen LogP contribution in [0.25, 0.3) is 0 Å². The van der Waals surface area contributed by atoms with Crippen LogP contribution in [0.5, 0.6) is 0 Å². The van der Waals surface area contributed by atoms with Gasteiger partial charge in [-0.1, -0.05) is 0 Å². The molecule has 1 atom stereocenters. The topological polar surface area (TPSA) is 47.6 Å². The SMILES string of the molecule is CCOC(=O)C1CCC(NCC2CCOC2)CC1. The molecule has 18 heavy (non-hydrogen) atoms. The first-order valence-corrected chi connectivity index (χ1v) is 7.27. The molecule has 0 aromatic heterocycles. The fraction of sp³-hybridized carbons (Fsp3) is 0.929. The normalized spacial score (nSPS) is 32.4. The van der Waals surface area contributed by atoms with E-state index in [0.29, 0.717) is 18.6 Å². The van der Waals surface area contributed by atoms with Gasteiger partial charge in [-0.05, 0) is 44.9 Å². The molecule has 0 bridgehead atoms. The molecule has 0 amide bonds. The number of rotatable bonds is 5. The molecular weight excluding hydrogens is 230 g/mol. The van der Waals surface area contributed by atoms with Crippen LogP contribution in [0.3, 0.4) is 0 Å². The minimum atomic E-state index is 0.000132. The van der Waals surface area contributed by atoms with Crippen molar-refractivity contribution >= 4 is 5.97 Å². The molecule has 104 valence electrons. The van der Waals surface area contributed by atoms with Crippen LogP contribution in [-0.4, -0.2) is 38.4 Å². The summed E-state index contributed by atoms with van der Waals surface area (Å²) in [6, 6.07) is 0.580. The molecule has 4 heteroatoms. The summed E-state index contributed by atoms with van der Waals surface area (Å²) in [6.07, 6.45) is 5.31. The minimum absolute atomic E-state index is 0.000132. The van der Waals surface area contributed by atoms with Crippen LogP contribution in [-0.2, 0) is 14.3 Å². The van der Waals surface area contributed by atoms with Crippen molar-refractivity contribution in [3.63, 3.8) is 0 Å². The molecule has 0 aromatic rings. The van der Waals surface area contributed by atoms with E-state index in [4.69, 9.17) is 9.47 Å². The number of esters is 1. The maximum absolute atomic E-state index is 11.6. The van der Waals surface area contributed by atoms with E-state index in [1.54, 1.807) is 0 Å². The van der Waals surface area contributed by atoms with Gasteiger partial charge in [-0.25, -0.2) is 0 Å². The van der Waals surface area contributed by atoms with Crippen LogP contribution in [0.15, 0.2) is 0 Å². The predicted molar refractivity (Wildman–Crippen MR) is 69.3 cm³/mol. The second-order valence-electron chi connectivity index (χ2n) is 5.44. The molecule has 2 aliphatic rings. The fourth-order valence-corrected chi connectivity index (χ4v) is 2.87. The second-order valence-corrected chi connectivity index (χ2v) is 5.44. The highest BCUT2D eigenvalue weighted by atomic mass is 16.5. The van der Waals surface area contributed by atoms with E-state index >= 15 is 0 Å². The Labute approximate surface area is 109 Å². The van der Waals surface area contributed by atoms with Crippen molar-refractivity contribution in [3.05, 3.63) is 0 Å². The van der Waals surface area contributed by atoms with E-state index in [1.807, 2.05) is 6.92 Å². The highest BCUT2D eigenvalue weighted by Gasteiger charge is 2.27. The number of carbonyl (C=O) groups excluding carboxylic acids is 1. The summed E-state index contributed by atoms with van der Waals surface area (Å²) in [5.74, 6) is 0.825. The molecular formula is C14H25NO3. The van der Waals surface area contributed by atoms with Crippen LogP contribution in [0, 0.1) is 11.8 Å². The Morgan fingerprint density at radius 3 is 2.67 bits per heavy atom. The Hall–Kier alpha value is -0.610. The molecule has 0 aromatic carbocycles. The molecule has 2 rings (SSSR count). The van der Waals surface area contributed by atoms with Crippen LogP contribution >= 0.6 is 0 Å². The Kier molecular flexibility index (Phi) is 5.45. The van der Waals surface area contributed by atoms with Crippen LogP contribution in [0.4, 0.5) is 0 Å². The van der Waals surface area contributed by atoms with Gasteiger partial charge >= 0.3 is 5.97 Å². The van der Waals surface area contributed by atoms with E-state index in [9.17, 15) is 4.79 Å². The molecule has 1 N–H and O–H groups in total. The molecule has 0 radical (unpaired) electrons. The Morgan fingerprint density at radius 1 is 1.28 bits per heavy atom. The maximum atomic E-state index is 11.6. The van der Waals surface area contributed by atoms with Crippen molar-refractivity contribution in [3.8, 4) is 0 Å². The monoisotopic (exact) mass is 255 g/mol. The number of nitrogens with one attached hydrogen (secondary N) is 1. The summed E-state index contributed by atoms with van der Waals surface area (Å²) in [4.78, 5) is 11.6. The summed E-state index contributed by atoms with van der Waals surface area (Å²) >= 11 is 0. The number of carbonyl (C=O) groups is 1. The molecule has 1 saturated heterocycles. The largest absolute Gasteiger partial charge is 0.466 e. The fourth-order valence-electron chi connectivity index (χ4n) is 2.87. The van der Waals surface area contributed by atoms with Gasteiger partial charge < -0.3 is 14.8 Å². The summed E-state index contributed by atoms with van der Waals surface area (Å²) in [5, 5.41) is 3.62. The predicted octanol–water partition coefficient (Wildman–Crippen LogP) is 1.73. The molecule has 1 aliphatic heterocycles. The van der Waals surface area contributed by atoms with Crippen molar-refractivity contribution in [2.24, 2.45) is 11.8 Å². The van der Waals surface area contributed by atoms with Crippen LogP contribution in [0.2, 0.25) is 0 Å². The Bertz CT molecular complexity index is 256. The molecule has 1 unspecified atom stereocenters. The molecule has 2 fully saturated rings. The third-order valence-electron chi connectivity index (χ3n) is 4.07. The third kappa shape index (κ3) is 3.95. The Morgan fingerprint density at radius 2 is 2.06 bits per heavy atom. The lowest BCUT2D eigenvalue weighted by molar-refractivity contribution is -0.149. The van der Waals surface area contributed by atoms with E-state index in [1.165, 1.54) is 6.42 Å². The van der Waals surface area contributed by atoms with Gasteiger partial charge in [0.15, 0.2) is 0 Å². The lowest BCUT2D eigenvalue weighted by Gasteiger charge is -2.28. The smallest absolute Gasteiger partial charge is 0.308 e. The standard InChI is InChI=1S/C14H25NO3/c1-2-18-14(16)12-3-5-13(6-4-12)15-9-11-7-8-17-10-11/h11-13,15H,2-10H2,1H3. The van der Waals surface area contributed by atoms with E-state index in [-0.39, 0.29) is 11.9 Å². The van der Waals surface area contributed by atoms with Crippen molar-refractivity contribution in [1.29, 1.82) is 0 Å². The number of ether oxygens (including phenoxy) is 2. The van der Waals surface area contributed by atoms with Crippen molar-refractivity contribution in [2.45, 2.75) is 45.1 Å². The van der Waals surface area contributed by atoms with Gasteiger partial charge in [0, 0.05) is 19.2 Å². The lowest BCUT2D eigenvalue weighted by atomic mass is 9.86. The van der Waals surface area contributed by atoms with E-state index in [0.717, 1.165) is 45.4 Å². The van der Waals surface area contributed by atoms with E-state index in [2.05, 4.69) is 5.32 Å². The highest BCUT2D eigenvalue weighted by molar-refractivity contribution is 5.72. The number of hydrogen-bond donors (Lipinski definition) is 1. The minimum Gasteiger partial charge on any atom is -0.466 e. The second kappa shape index (κ2) is 7.10. The molecule has 4 nitrogen and oxygen atoms in total. The van der Waals surface area contributed by atoms with Gasteiger partial charge in [0.25, 0.3) is 0 Å². The lowest BCUT2D eigenvalue weighted by Crippen LogP contribution is -2.38. The molecule has 1 heterocycles. The van der Waals surface area contributed by atoms with Crippen molar-refractivity contribution < 1.29 is 14.3 Å². The average Bonchev–Trinajstić information content (AvgIpc) is 2.90. The first-order valence-electron chi connectivity index (χ1n) is 7.27. The van der Waals surface area contributed by atoms with Gasteiger partial charge in [-0.15, -0.1) is 0 Å². The average molecular weight is 255 g/mol. The van der Waals surface area contributed by atoms with Gasteiger partial charge in [0.1, 0.15) is 0 Å². The molecule has 1 aliphatic carbocycles. The zero-order chi connectivity index (χ0) is 12.8. The maximum Gasteiger partial charge on any atom is 0.308 e. The molecule has 1 saturated carbocycles. The zero-order valence-electron chi connectivity index (χ0n) is 11.3. The summed E-state index contributed by atoms with van der Waals surface area (Å²) in [5.41, 5.74) is 0. The molecule has 0 spiro atoms. The quantitative estimate of drug-likeness (QED) is 0.760. The van der Waals surface area contributed by atoms with Gasteiger partial charge in [-0.2, -0.15) is 0 Å². The van der Waals surface area contributed by atoms with Crippen LogP contribution < -0.4 is 5.32 Å². The van der Waals surface area contributed by atoms with E-state index < -0.39 is 0 Å². The summed E-state index contributed by atoms with van der Waals surface area (Å²) < 4.78 is 10.5. The van der Waals surface area contributed by atoms with Crippen molar-refractivity contribution in [1.82, 2.24) is 5.32 Å². The van der Waals surface area contributed by atoms with Gasteiger partial charge in [0.2, 0.25) is 0 Å². The van der Waals surface area contributed by atoms with Gasteiger partial charge in [-0.3, -0.25) is 4.79 Å².